The number of carbonyl (C=O) groups is 1. The van der Waals surface area contributed by atoms with Crippen LogP contribution in [0.5, 0.6) is 0 Å². The van der Waals surface area contributed by atoms with Gasteiger partial charge in [0.25, 0.3) is 5.91 Å². The number of alkyl halides is 1. The van der Waals surface area contributed by atoms with E-state index in [-0.39, 0.29) is 10.4 Å². The van der Waals surface area contributed by atoms with Crippen LogP contribution in [0.4, 0.5) is 4.39 Å². The van der Waals surface area contributed by atoms with Gasteiger partial charge in [-0.05, 0) is 39.2 Å². The lowest BCUT2D eigenvalue weighted by Crippen LogP contribution is -2.23. The maximum atomic E-state index is 13.4. The van der Waals surface area contributed by atoms with E-state index >= 15 is 0 Å². The lowest BCUT2D eigenvalue weighted by molar-refractivity contribution is 0.0949. The van der Waals surface area contributed by atoms with Crippen LogP contribution in [0.25, 0.3) is 0 Å². The summed E-state index contributed by atoms with van der Waals surface area (Å²) in [7, 11) is 0. The Morgan fingerprint density at radius 3 is 2.60 bits per heavy atom. The van der Waals surface area contributed by atoms with Gasteiger partial charge in [0.15, 0.2) is 0 Å². The molecule has 2 nitrogen and oxygen atoms in total. The monoisotopic (exact) mass is 399 g/mol. The summed E-state index contributed by atoms with van der Waals surface area (Å²) in [5.41, 5.74) is 2.44. The van der Waals surface area contributed by atoms with Crippen molar-refractivity contribution in [1.29, 1.82) is 0 Å². The van der Waals surface area contributed by atoms with Crippen LogP contribution >= 0.6 is 31.9 Å². The summed E-state index contributed by atoms with van der Waals surface area (Å²) in [6, 6.07) is 12.3. The second-order valence-electron chi connectivity index (χ2n) is 4.24. The molecule has 5 heteroatoms. The molecule has 0 aliphatic heterocycles. The minimum atomic E-state index is -0.445. The van der Waals surface area contributed by atoms with Crippen LogP contribution in [-0.4, -0.2) is 5.91 Å². The van der Waals surface area contributed by atoms with Gasteiger partial charge in [-0.1, -0.05) is 46.3 Å². The molecule has 0 aliphatic carbocycles. The molecule has 1 N–H and O–H groups in total. The summed E-state index contributed by atoms with van der Waals surface area (Å²) in [6.07, 6.45) is 0. The first-order valence-corrected chi connectivity index (χ1v) is 7.89. The van der Waals surface area contributed by atoms with Gasteiger partial charge in [0.2, 0.25) is 0 Å². The first-order valence-electron chi connectivity index (χ1n) is 5.98. The van der Waals surface area contributed by atoms with Crippen LogP contribution in [0.15, 0.2) is 46.9 Å². The van der Waals surface area contributed by atoms with Gasteiger partial charge < -0.3 is 5.32 Å². The summed E-state index contributed by atoms with van der Waals surface area (Å²) >= 11 is 6.48. The molecule has 104 valence electrons. The molecule has 0 unspecified atom stereocenters. The molecule has 20 heavy (non-hydrogen) atoms. The van der Waals surface area contributed by atoms with Crippen molar-refractivity contribution < 1.29 is 9.18 Å². The SMILES string of the molecule is O=C(NCc1cccc(CBr)c1)c1cccc(F)c1Br. The highest BCUT2D eigenvalue weighted by Gasteiger charge is 2.12. The van der Waals surface area contributed by atoms with Crippen molar-refractivity contribution in [2.24, 2.45) is 0 Å². The lowest BCUT2D eigenvalue weighted by Gasteiger charge is -2.08. The molecule has 0 bridgehead atoms. The number of halogens is 3. The molecule has 0 saturated carbocycles. The summed E-state index contributed by atoms with van der Waals surface area (Å²) in [5, 5.41) is 3.55. The zero-order valence-electron chi connectivity index (χ0n) is 10.5. The van der Waals surface area contributed by atoms with E-state index in [2.05, 4.69) is 37.2 Å². The van der Waals surface area contributed by atoms with E-state index in [0.29, 0.717) is 12.1 Å². The molecule has 0 heterocycles. The summed E-state index contributed by atoms with van der Waals surface area (Å²) < 4.78 is 13.6. The number of benzene rings is 2. The van der Waals surface area contributed by atoms with Crippen LogP contribution in [-0.2, 0) is 11.9 Å². The van der Waals surface area contributed by atoms with Crippen LogP contribution in [0.1, 0.15) is 21.5 Å². The maximum Gasteiger partial charge on any atom is 0.252 e. The molecular formula is C15H12Br2FNO. The highest BCUT2D eigenvalue weighted by Crippen LogP contribution is 2.20. The van der Waals surface area contributed by atoms with E-state index in [1.54, 1.807) is 6.07 Å². The molecule has 0 saturated heterocycles. The highest BCUT2D eigenvalue weighted by molar-refractivity contribution is 9.10. The summed E-state index contributed by atoms with van der Waals surface area (Å²) in [4.78, 5) is 12.0. The molecule has 0 radical (unpaired) electrons. The Kier molecular flexibility index (Phi) is 5.31. The Hall–Kier alpha value is -1.20. The fourth-order valence-corrected chi connectivity index (χ4v) is 2.57. The zero-order chi connectivity index (χ0) is 14.5. The number of carbonyl (C=O) groups excluding carboxylic acids is 1. The van der Waals surface area contributed by atoms with Crippen LogP contribution in [0.2, 0.25) is 0 Å². The van der Waals surface area contributed by atoms with Gasteiger partial charge in [0.05, 0.1) is 10.0 Å². The van der Waals surface area contributed by atoms with Crippen LogP contribution < -0.4 is 5.32 Å². The fourth-order valence-electron chi connectivity index (χ4n) is 1.78. The van der Waals surface area contributed by atoms with Gasteiger partial charge in [-0.2, -0.15) is 0 Å². The second-order valence-corrected chi connectivity index (χ2v) is 5.59. The molecule has 0 fully saturated rings. The Labute approximate surface area is 133 Å². The molecule has 2 aromatic carbocycles. The first kappa shape index (κ1) is 15.2. The average Bonchev–Trinajstić information content (AvgIpc) is 2.48. The molecule has 0 spiro atoms. The fraction of sp³-hybridized carbons (Fsp3) is 0.133. The minimum Gasteiger partial charge on any atom is -0.348 e. The number of nitrogens with one attached hydrogen (secondary N) is 1. The van der Waals surface area contributed by atoms with Crippen molar-refractivity contribution >= 4 is 37.8 Å². The largest absolute Gasteiger partial charge is 0.348 e. The highest BCUT2D eigenvalue weighted by atomic mass is 79.9. The van der Waals surface area contributed by atoms with Crippen molar-refractivity contribution in [2.75, 3.05) is 0 Å². The van der Waals surface area contributed by atoms with Crippen molar-refractivity contribution in [2.45, 2.75) is 11.9 Å². The zero-order valence-corrected chi connectivity index (χ0v) is 13.7. The van der Waals surface area contributed by atoms with Crippen molar-refractivity contribution in [1.82, 2.24) is 5.32 Å². The van der Waals surface area contributed by atoms with E-state index in [1.807, 2.05) is 24.3 Å². The van der Waals surface area contributed by atoms with E-state index < -0.39 is 5.82 Å². The third-order valence-corrected chi connectivity index (χ3v) is 4.25. The molecule has 0 aromatic heterocycles. The van der Waals surface area contributed by atoms with Crippen LogP contribution in [0, 0.1) is 5.82 Å². The lowest BCUT2D eigenvalue weighted by atomic mass is 10.1. The first-order chi connectivity index (χ1) is 9.61. The number of hydrogen-bond donors (Lipinski definition) is 1. The Morgan fingerprint density at radius 2 is 1.85 bits per heavy atom. The quantitative estimate of drug-likeness (QED) is 0.756. The van der Waals surface area contributed by atoms with Gasteiger partial charge in [0.1, 0.15) is 5.82 Å². The Bertz CT molecular complexity index is 631. The number of hydrogen-bond acceptors (Lipinski definition) is 1. The van der Waals surface area contributed by atoms with E-state index in [4.69, 9.17) is 0 Å². The normalized spacial score (nSPS) is 10.3. The molecule has 1 amide bonds. The predicted octanol–water partition coefficient (Wildman–Crippen LogP) is 4.41. The Balaban J connectivity index is 2.06. The number of amides is 1. The van der Waals surface area contributed by atoms with Gasteiger partial charge in [0, 0.05) is 11.9 Å². The molecule has 2 aromatic rings. The van der Waals surface area contributed by atoms with Gasteiger partial charge >= 0.3 is 0 Å². The van der Waals surface area contributed by atoms with Crippen LogP contribution in [0.3, 0.4) is 0 Å². The molecule has 0 aliphatic rings. The molecule has 2 rings (SSSR count). The molecule has 0 atom stereocenters. The molecular weight excluding hydrogens is 389 g/mol. The van der Waals surface area contributed by atoms with Gasteiger partial charge in [-0.25, -0.2) is 4.39 Å². The average molecular weight is 401 g/mol. The van der Waals surface area contributed by atoms with Crippen molar-refractivity contribution in [3.8, 4) is 0 Å². The minimum absolute atomic E-state index is 0.187. The van der Waals surface area contributed by atoms with Gasteiger partial charge in [-0.3, -0.25) is 4.79 Å². The standard InChI is InChI=1S/C15H12Br2FNO/c16-8-10-3-1-4-11(7-10)9-19-15(20)12-5-2-6-13(18)14(12)17/h1-7H,8-9H2,(H,19,20). The second kappa shape index (κ2) is 6.99. The predicted molar refractivity (Wildman–Crippen MR) is 84.3 cm³/mol. The van der Waals surface area contributed by atoms with E-state index in [0.717, 1.165) is 16.5 Å². The summed E-state index contributed by atoms with van der Waals surface area (Å²) in [6.45, 7) is 0.405. The van der Waals surface area contributed by atoms with Crippen molar-refractivity contribution in [3.63, 3.8) is 0 Å². The third-order valence-electron chi connectivity index (χ3n) is 2.79. The smallest absolute Gasteiger partial charge is 0.252 e. The van der Waals surface area contributed by atoms with Gasteiger partial charge in [-0.15, -0.1) is 0 Å². The Morgan fingerprint density at radius 1 is 1.15 bits per heavy atom. The topological polar surface area (TPSA) is 29.1 Å². The third kappa shape index (κ3) is 3.67. The van der Waals surface area contributed by atoms with E-state index in [9.17, 15) is 9.18 Å². The van der Waals surface area contributed by atoms with E-state index in [1.165, 1.54) is 12.1 Å². The van der Waals surface area contributed by atoms with Crippen molar-refractivity contribution in [3.05, 3.63) is 69.4 Å². The number of rotatable bonds is 4. The maximum absolute atomic E-state index is 13.4. The summed E-state index contributed by atoms with van der Waals surface area (Å²) in [5.74, 6) is -0.750.